The highest BCUT2D eigenvalue weighted by atomic mass is 15.3. The second-order valence-electron chi connectivity index (χ2n) is 2.98. The molecule has 0 unspecified atom stereocenters. The molecule has 0 bridgehead atoms. The Kier molecular flexibility index (Phi) is 2.99. The monoisotopic (exact) mass is 190 g/mol. The van der Waals surface area contributed by atoms with Crippen molar-refractivity contribution in [2.45, 2.75) is 13.8 Å². The van der Waals surface area contributed by atoms with E-state index >= 15 is 0 Å². The van der Waals surface area contributed by atoms with E-state index in [1.165, 1.54) is 0 Å². The van der Waals surface area contributed by atoms with Crippen LogP contribution in [0.3, 0.4) is 0 Å². The molecule has 4 heteroatoms. The summed E-state index contributed by atoms with van der Waals surface area (Å²) in [6.45, 7) is 11.2. The number of hydrogen-bond acceptors (Lipinski definition) is 4. The third kappa shape index (κ3) is 1.80. The van der Waals surface area contributed by atoms with Gasteiger partial charge in [0.2, 0.25) is 0 Å². The van der Waals surface area contributed by atoms with Crippen LogP contribution in [-0.2, 0) is 0 Å². The predicted octanol–water partition coefficient (Wildman–Crippen LogP) is -0.162. The van der Waals surface area contributed by atoms with Gasteiger partial charge in [-0.25, -0.2) is 15.8 Å². The first-order chi connectivity index (χ1) is 6.60. The van der Waals surface area contributed by atoms with Crippen molar-refractivity contribution in [2.24, 2.45) is 5.84 Å². The molecule has 0 amide bonds. The molecule has 0 aromatic carbocycles. The molecule has 1 aromatic heterocycles. The molecule has 0 saturated carbocycles. The number of allylic oxidation sites excluding steroid dienone is 1. The van der Waals surface area contributed by atoms with E-state index in [0.717, 1.165) is 16.6 Å². The summed E-state index contributed by atoms with van der Waals surface area (Å²) in [6.07, 6.45) is 1.73. The van der Waals surface area contributed by atoms with E-state index in [1.807, 2.05) is 13.8 Å². The topological polar surface area (TPSA) is 63.8 Å². The first-order valence-corrected chi connectivity index (χ1v) is 4.23. The Balaban J connectivity index is 3.60. The van der Waals surface area contributed by atoms with Gasteiger partial charge in [-0.05, 0) is 19.4 Å². The maximum absolute atomic E-state index is 5.27. The van der Waals surface area contributed by atoms with Gasteiger partial charge in [-0.2, -0.15) is 0 Å². The molecular formula is C10H14N4. The van der Waals surface area contributed by atoms with Crippen LogP contribution in [-0.4, -0.2) is 9.97 Å². The number of hydrogen-bond donors (Lipinski definition) is 2. The molecule has 1 rings (SSSR count). The largest absolute Gasteiger partial charge is 0.307 e. The van der Waals surface area contributed by atoms with Crippen molar-refractivity contribution in [3.05, 3.63) is 29.0 Å². The summed E-state index contributed by atoms with van der Waals surface area (Å²) in [4.78, 5) is 8.52. The van der Waals surface area contributed by atoms with E-state index in [-0.39, 0.29) is 0 Å². The van der Waals surface area contributed by atoms with Crippen LogP contribution in [0.15, 0.2) is 12.7 Å². The van der Waals surface area contributed by atoms with Crippen LogP contribution in [0.4, 0.5) is 5.82 Å². The van der Waals surface area contributed by atoms with E-state index in [4.69, 9.17) is 5.84 Å². The Morgan fingerprint density at radius 2 is 2.14 bits per heavy atom. The standard InChI is InChI=1S/C10H14N4/c1-5-6(2)9-7(3)13-10(14-11)8(4)12-9/h5H,1,3,11H2,2,4H3,(H,13,14)/b9-6+. The number of nitrogens with one attached hydrogen (secondary N) is 1. The Labute approximate surface area is 82.9 Å². The first kappa shape index (κ1) is 10.4. The number of anilines is 1. The maximum atomic E-state index is 5.27. The van der Waals surface area contributed by atoms with Crippen LogP contribution in [0.1, 0.15) is 12.6 Å². The average Bonchev–Trinajstić information content (AvgIpc) is 2.19. The van der Waals surface area contributed by atoms with Crippen molar-refractivity contribution in [1.29, 1.82) is 0 Å². The molecule has 0 fully saturated rings. The summed E-state index contributed by atoms with van der Waals surface area (Å²) in [5, 5.41) is 1.36. The summed E-state index contributed by atoms with van der Waals surface area (Å²) in [7, 11) is 0. The molecule has 0 radical (unpaired) electrons. The fraction of sp³-hybridized carbons (Fsp3) is 0.200. The Bertz CT molecular complexity index is 462. The number of aryl methyl sites for hydroxylation is 1. The van der Waals surface area contributed by atoms with Gasteiger partial charge in [-0.15, -0.1) is 0 Å². The normalized spacial score (nSPS) is 12.2. The average molecular weight is 190 g/mol. The summed E-state index contributed by atoms with van der Waals surface area (Å²) < 4.78 is 0. The highest BCUT2D eigenvalue weighted by Crippen LogP contribution is 1.99. The van der Waals surface area contributed by atoms with Crippen molar-refractivity contribution < 1.29 is 0 Å². The predicted molar refractivity (Wildman–Crippen MR) is 58.6 cm³/mol. The minimum Gasteiger partial charge on any atom is -0.307 e. The molecular weight excluding hydrogens is 176 g/mol. The van der Waals surface area contributed by atoms with Crippen LogP contribution in [0.25, 0.3) is 12.2 Å². The van der Waals surface area contributed by atoms with Crippen LogP contribution in [0.2, 0.25) is 0 Å². The summed E-state index contributed by atoms with van der Waals surface area (Å²) in [6, 6.07) is 0. The zero-order valence-electron chi connectivity index (χ0n) is 8.46. The molecule has 0 atom stereocenters. The van der Waals surface area contributed by atoms with Crippen molar-refractivity contribution >= 4 is 18.0 Å². The molecule has 14 heavy (non-hydrogen) atoms. The molecule has 3 N–H and O–H groups in total. The number of aromatic nitrogens is 2. The van der Waals surface area contributed by atoms with Crippen molar-refractivity contribution in [2.75, 3.05) is 5.43 Å². The Morgan fingerprint density at radius 3 is 2.64 bits per heavy atom. The van der Waals surface area contributed by atoms with Gasteiger partial charge in [-0.1, -0.05) is 19.2 Å². The molecule has 0 aliphatic carbocycles. The Hall–Kier alpha value is -1.68. The molecule has 0 aliphatic heterocycles. The van der Waals surface area contributed by atoms with Crippen LogP contribution in [0.5, 0.6) is 0 Å². The second-order valence-corrected chi connectivity index (χ2v) is 2.98. The third-order valence-electron chi connectivity index (χ3n) is 1.96. The van der Waals surface area contributed by atoms with Crippen molar-refractivity contribution in [3.63, 3.8) is 0 Å². The lowest BCUT2D eigenvalue weighted by Crippen LogP contribution is -2.34. The summed E-state index contributed by atoms with van der Waals surface area (Å²) in [5.41, 5.74) is 4.17. The van der Waals surface area contributed by atoms with Gasteiger partial charge < -0.3 is 5.43 Å². The molecule has 74 valence electrons. The third-order valence-corrected chi connectivity index (χ3v) is 1.96. The quantitative estimate of drug-likeness (QED) is 0.502. The van der Waals surface area contributed by atoms with Gasteiger partial charge in [0.05, 0.1) is 16.4 Å². The van der Waals surface area contributed by atoms with Crippen molar-refractivity contribution in [1.82, 2.24) is 9.97 Å². The lowest BCUT2D eigenvalue weighted by atomic mass is 10.2. The molecule has 0 aliphatic rings. The smallest absolute Gasteiger partial charge is 0.162 e. The maximum Gasteiger partial charge on any atom is 0.162 e. The van der Waals surface area contributed by atoms with Gasteiger partial charge in [0.1, 0.15) is 0 Å². The van der Waals surface area contributed by atoms with E-state index < -0.39 is 0 Å². The van der Waals surface area contributed by atoms with Crippen LogP contribution >= 0.6 is 0 Å². The van der Waals surface area contributed by atoms with Gasteiger partial charge in [0.15, 0.2) is 5.82 Å². The minimum absolute atomic E-state index is 0.551. The molecule has 1 heterocycles. The van der Waals surface area contributed by atoms with Gasteiger partial charge in [0, 0.05) is 0 Å². The minimum atomic E-state index is 0.551. The van der Waals surface area contributed by atoms with Crippen molar-refractivity contribution in [3.8, 4) is 0 Å². The molecule has 4 nitrogen and oxygen atoms in total. The fourth-order valence-corrected chi connectivity index (χ4v) is 1.10. The zero-order valence-corrected chi connectivity index (χ0v) is 8.46. The first-order valence-electron chi connectivity index (χ1n) is 4.23. The van der Waals surface area contributed by atoms with Gasteiger partial charge in [0.25, 0.3) is 0 Å². The van der Waals surface area contributed by atoms with Gasteiger partial charge >= 0.3 is 0 Å². The molecule has 0 saturated heterocycles. The highest BCUT2D eigenvalue weighted by molar-refractivity contribution is 5.52. The van der Waals surface area contributed by atoms with Crippen LogP contribution in [0, 0.1) is 6.92 Å². The Morgan fingerprint density at radius 1 is 1.50 bits per heavy atom. The van der Waals surface area contributed by atoms with E-state index in [2.05, 4.69) is 28.6 Å². The number of nitrogens with zero attached hydrogens (tertiary/aromatic N) is 2. The number of nitrogens with two attached hydrogens (primary N) is 1. The lowest BCUT2D eigenvalue weighted by molar-refractivity contribution is 1.02. The second kappa shape index (κ2) is 4.02. The van der Waals surface area contributed by atoms with E-state index in [9.17, 15) is 0 Å². The summed E-state index contributed by atoms with van der Waals surface area (Å²) >= 11 is 0. The van der Waals surface area contributed by atoms with E-state index in [1.54, 1.807) is 6.08 Å². The van der Waals surface area contributed by atoms with Gasteiger partial charge in [-0.3, -0.25) is 0 Å². The molecule has 0 spiro atoms. The summed E-state index contributed by atoms with van der Waals surface area (Å²) in [5.74, 6) is 5.82. The number of nitrogen functional groups attached to an aromatic ring is 1. The number of hydrazine groups is 1. The lowest BCUT2D eigenvalue weighted by Gasteiger charge is -2.03. The highest BCUT2D eigenvalue weighted by Gasteiger charge is 2.00. The SMILES string of the molecule is C=C/C(C)=c1/nc(C)c(NN)nc1=C. The zero-order chi connectivity index (χ0) is 10.7. The fourth-order valence-electron chi connectivity index (χ4n) is 1.10. The van der Waals surface area contributed by atoms with E-state index in [0.29, 0.717) is 11.2 Å². The number of rotatable bonds is 2. The molecule has 1 aromatic rings. The van der Waals surface area contributed by atoms with Crippen LogP contribution < -0.4 is 22.0 Å².